The maximum Gasteiger partial charge on any atom is 0.136 e. The van der Waals surface area contributed by atoms with Crippen LogP contribution in [0.25, 0.3) is 11.8 Å². The number of aromatic nitrogens is 2. The average Bonchev–Trinajstić information content (AvgIpc) is 2.92. The van der Waals surface area contributed by atoms with Crippen LogP contribution in [-0.2, 0) is 0 Å². The Morgan fingerprint density at radius 1 is 1.16 bits per heavy atom. The summed E-state index contributed by atoms with van der Waals surface area (Å²) >= 11 is 6.42. The van der Waals surface area contributed by atoms with Crippen LogP contribution in [-0.4, -0.2) is 40.9 Å². The molecular formula is C20H26ClN3O. The van der Waals surface area contributed by atoms with Crippen LogP contribution < -0.4 is 4.74 Å². The number of likely N-dealkylation sites (tertiary alicyclic amines) is 1. The number of halogens is 1. The lowest BCUT2D eigenvalue weighted by atomic mass is 10.1. The Kier molecular flexibility index (Phi) is 6.16. The highest BCUT2D eigenvalue weighted by Gasteiger charge is 2.12. The van der Waals surface area contributed by atoms with Crippen molar-refractivity contribution >= 4 is 17.7 Å². The molecule has 0 unspecified atom stereocenters. The molecule has 4 nitrogen and oxygen atoms in total. The number of hydrogen-bond donors (Lipinski definition) is 0. The molecule has 1 aromatic carbocycles. The van der Waals surface area contributed by atoms with Gasteiger partial charge in [0.25, 0.3) is 0 Å². The molecule has 0 atom stereocenters. The first kappa shape index (κ1) is 18.0. The summed E-state index contributed by atoms with van der Waals surface area (Å²) < 4.78 is 7.65. The van der Waals surface area contributed by atoms with E-state index in [0.717, 1.165) is 35.8 Å². The molecule has 1 aliphatic heterocycles. The number of ether oxygens (including phenoxy) is 1. The molecule has 5 heteroatoms. The molecule has 2 heterocycles. The molecule has 0 spiro atoms. The van der Waals surface area contributed by atoms with Gasteiger partial charge < -0.3 is 4.74 Å². The lowest BCUT2D eigenvalue weighted by Gasteiger charge is -2.26. The van der Waals surface area contributed by atoms with Crippen molar-refractivity contribution in [2.24, 2.45) is 0 Å². The number of benzene rings is 1. The number of nitrogens with zero attached hydrogens (tertiary/aromatic N) is 3. The van der Waals surface area contributed by atoms with Gasteiger partial charge in [0, 0.05) is 12.1 Å². The van der Waals surface area contributed by atoms with Gasteiger partial charge in [-0.2, -0.15) is 5.10 Å². The summed E-state index contributed by atoms with van der Waals surface area (Å²) in [5.74, 6) is 0.884. The van der Waals surface area contributed by atoms with Gasteiger partial charge >= 0.3 is 0 Å². The first-order valence-corrected chi connectivity index (χ1v) is 9.40. The molecule has 0 N–H and O–H groups in total. The largest absolute Gasteiger partial charge is 0.492 e. The topological polar surface area (TPSA) is 30.3 Å². The molecule has 1 aliphatic rings. The lowest BCUT2D eigenvalue weighted by Crippen LogP contribution is -2.33. The smallest absolute Gasteiger partial charge is 0.136 e. The van der Waals surface area contributed by atoms with Crippen molar-refractivity contribution in [3.05, 3.63) is 46.8 Å². The second-order valence-electron chi connectivity index (χ2n) is 6.46. The molecule has 134 valence electrons. The van der Waals surface area contributed by atoms with Gasteiger partial charge in [-0.15, -0.1) is 0 Å². The molecule has 0 amide bonds. The Hall–Kier alpha value is -1.78. The number of allylic oxidation sites excluding steroid dienone is 1. The van der Waals surface area contributed by atoms with Gasteiger partial charge in [-0.05, 0) is 70.1 Å². The SMILES string of the molecule is C/C=C\c1nn(-c2ccc(OCCN3CCCCC3)cc2)c(Cl)c1C. The Labute approximate surface area is 155 Å². The van der Waals surface area contributed by atoms with Gasteiger partial charge in [-0.25, -0.2) is 4.68 Å². The van der Waals surface area contributed by atoms with E-state index in [-0.39, 0.29) is 0 Å². The van der Waals surface area contributed by atoms with E-state index in [0.29, 0.717) is 5.15 Å². The minimum Gasteiger partial charge on any atom is -0.492 e. The maximum absolute atomic E-state index is 6.42. The predicted molar refractivity (Wildman–Crippen MR) is 104 cm³/mol. The quantitative estimate of drug-likeness (QED) is 0.746. The van der Waals surface area contributed by atoms with E-state index in [1.807, 2.05) is 50.3 Å². The zero-order valence-electron chi connectivity index (χ0n) is 15.0. The Balaban J connectivity index is 1.61. The summed E-state index contributed by atoms with van der Waals surface area (Å²) in [6, 6.07) is 7.95. The third-order valence-corrected chi connectivity index (χ3v) is 5.06. The Bertz CT molecular complexity index is 715. The van der Waals surface area contributed by atoms with Crippen LogP contribution in [0.5, 0.6) is 5.75 Å². The summed E-state index contributed by atoms with van der Waals surface area (Å²) in [5, 5.41) is 5.22. The fraction of sp³-hybridized carbons (Fsp3) is 0.450. The predicted octanol–water partition coefficient (Wildman–Crippen LogP) is 4.73. The van der Waals surface area contributed by atoms with Gasteiger partial charge in [-0.3, -0.25) is 4.90 Å². The highest BCUT2D eigenvalue weighted by molar-refractivity contribution is 6.30. The number of hydrogen-bond acceptors (Lipinski definition) is 3. The highest BCUT2D eigenvalue weighted by Crippen LogP contribution is 2.25. The molecule has 3 rings (SSSR count). The van der Waals surface area contributed by atoms with Crippen molar-refractivity contribution in [3.63, 3.8) is 0 Å². The normalized spacial score (nSPS) is 15.8. The van der Waals surface area contributed by atoms with Gasteiger partial charge in [0.15, 0.2) is 0 Å². The van der Waals surface area contributed by atoms with Crippen LogP contribution >= 0.6 is 11.6 Å². The molecule has 1 saturated heterocycles. The monoisotopic (exact) mass is 359 g/mol. The molecular weight excluding hydrogens is 334 g/mol. The minimum atomic E-state index is 0.645. The van der Waals surface area contributed by atoms with E-state index in [1.165, 1.54) is 32.4 Å². The van der Waals surface area contributed by atoms with Crippen molar-refractivity contribution in [2.75, 3.05) is 26.2 Å². The fourth-order valence-electron chi connectivity index (χ4n) is 3.14. The molecule has 0 radical (unpaired) electrons. The highest BCUT2D eigenvalue weighted by atomic mass is 35.5. The summed E-state index contributed by atoms with van der Waals surface area (Å²) in [6.45, 7) is 8.09. The second kappa shape index (κ2) is 8.54. The molecule has 1 aromatic heterocycles. The van der Waals surface area contributed by atoms with Crippen LogP contribution in [0.4, 0.5) is 0 Å². The molecule has 0 aliphatic carbocycles. The van der Waals surface area contributed by atoms with E-state index < -0.39 is 0 Å². The molecule has 1 fully saturated rings. The van der Waals surface area contributed by atoms with Gasteiger partial charge in [-0.1, -0.05) is 24.1 Å². The zero-order chi connectivity index (χ0) is 17.6. The van der Waals surface area contributed by atoms with E-state index in [4.69, 9.17) is 16.3 Å². The first-order valence-electron chi connectivity index (χ1n) is 9.02. The number of rotatable bonds is 6. The van der Waals surface area contributed by atoms with E-state index in [9.17, 15) is 0 Å². The van der Waals surface area contributed by atoms with Crippen molar-refractivity contribution in [1.82, 2.24) is 14.7 Å². The number of piperidine rings is 1. The van der Waals surface area contributed by atoms with Gasteiger partial charge in [0.1, 0.15) is 17.5 Å². The molecule has 25 heavy (non-hydrogen) atoms. The average molecular weight is 360 g/mol. The molecule has 0 bridgehead atoms. The van der Waals surface area contributed by atoms with E-state index >= 15 is 0 Å². The molecule has 2 aromatic rings. The summed E-state index contributed by atoms with van der Waals surface area (Å²) in [6.07, 6.45) is 7.93. The second-order valence-corrected chi connectivity index (χ2v) is 6.82. The first-order chi connectivity index (χ1) is 12.2. The van der Waals surface area contributed by atoms with Crippen LogP contribution in [0.2, 0.25) is 5.15 Å². The minimum absolute atomic E-state index is 0.645. The van der Waals surface area contributed by atoms with Crippen LogP contribution in [0, 0.1) is 6.92 Å². The van der Waals surface area contributed by atoms with Crippen molar-refractivity contribution < 1.29 is 4.74 Å². The van der Waals surface area contributed by atoms with Crippen molar-refractivity contribution in [1.29, 1.82) is 0 Å². The third kappa shape index (κ3) is 4.44. The van der Waals surface area contributed by atoms with Crippen LogP contribution in [0.15, 0.2) is 30.3 Å². The van der Waals surface area contributed by atoms with Crippen molar-refractivity contribution in [2.45, 2.75) is 33.1 Å². The Morgan fingerprint density at radius 2 is 1.88 bits per heavy atom. The van der Waals surface area contributed by atoms with Gasteiger partial charge in [0.2, 0.25) is 0 Å². The summed E-state index contributed by atoms with van der Waals surface area (Å²) in [5.41, 5.74) is 2.82. The summed E-state index contributed by atoms with van der Waals surface area (Å²) in [7, 11) is 0. The van der Waals surface area contributed by atoms with Crippen LogP contribution in [0.1, 0.15) is 37.4 Å². The maximum atomic E-state index is 6.42. The third-order valence-electron chi connectivity index (χ3n) is 4.62. The molecule has 0 saturated carbocycles. The summed E-state index contributed by atoms with van der Waals surface area (Å²) in [4.78, 5) is 2.48. The lowest BCUT2D eigenvalue weighted by molar-refractivity contribution is 0.183. The van der Waals surface area contributed by atoms with Crippen LogP contribution in [0.3, 0.4) is 0 Å². The van der Waals surface area contributed by atoms with E-state index in [1.54, 1.807) is 4.68 Å². The zero-order valence-corrected chi connectivity index (χ0v) is 15.8. The van der Waals surface area contributed by atoms with Gasteiger partial charge in [0.05, 0.1) is 11.4 Å². The fourth-order valence-corrected chi connectivity index (χ4v) is 3.37. The van der Waals surface area contributed by atoms with E-state index in [2.05, 4.69) is 10.00 Å². The standard InChI is InChI=1S/C20H26ClN3O/c1-3-7-19-16(2)20(21)24(22-19)17-8-10-18(11-9-17)25-15-14-23-12-5-4-6-13-23/h3,7-11H,4-6,12-15H2,1-2H3/b7-3-. The van der Waals surface area contributed by atoms with Crippen molar-refractivity contribution in [3.8, 4) is 11.4 Å². The Morgan fingerprint density at radius 3 is 2.56 bits per heavy atom.